The van der Waals surface area contributed by atoms with Gasteiger partial charge in [0.15, 0.2) is 28.2 Å². The molecule has 10 atom stereocenters. The highest BCUT2D eigenvalue weighted by atomic mass is 28.4. The maximum absolute atomic E-state index is 10.9. The molecule has 0 N–H and O–H groups in total. The minimum atomic E-state index is -1.77. The molecule has 0 amide bonds. The van der Waals surface area contributed by atoms with Crippen molar-refractivity contribution in [2.75, 3.05) is 0 Å². The number of ether oxygens (including phenoxy) is 4. The second-order valence-corrected chi connectivity index (χ2v) is 29.1. The SMILES string of the molecule is C.C=CC[C@@H]1OC(C)(C)O[C@@H]1C(C)/C=C\[C@@H](C)[C@H](C)O[Si](C)(C)C(C)(C)C.CC(/C=C\[C@@H](C)[C@H](C)O[Si](C)(C)C(C)(C)C)[C@H]1OC(C)(C)O[C@H]1CC=O. The summed E-state index contributed by atoms with van der Waals surface area (Å²) in [4.78, 5) is 10.9. The molecule has 0 aromatic rings. The molecule has 2 saturated heterocycles. The number of carbonyl (C=O) groups is 1. The molecule has 0 bridgehead atoms. The van der Waals surface area contributed by atoms with Crippen LogP contribution in [0.15, 0.2) is 37.0 Å². The Hall–Kier alpha value is -0.916. The Kier molecular flexibility index (Phi) is 20.1. The van der Waals surface area contributed by atoms with Crippen LogP contribution in [-0.2, 0) is 32.6 Å². The van der Waals surface area contributed by atoms with Crippen LogP contribution in [0.2, 0.25) is 36.3 Å². The van der Waals surface area contributed by atoms with Crippen molar-refractivity contribution in [2.24, 2.45) is 23.7 Å². The summed E-state index contributed by atoms with van der Waals surface area (Å²) in [6.45, 7) is 47.6. The number of hydrogen-bond acceptors (Lipinski definition) is 7. The zero-order valence-electron chi connectivity index (χ0n) is 37.2. The van der Waals surface area contributed by atoms with Crippen LogP contribution < -0.4 is 0 Å². The summed E-state index contributed by atoms with van der Waals surface area (Å²) >= 11 is 0. The lowest BCUT2D eigenvalue weighted by Gasteiger charge is -2.39. The average molecular weight is 783 g/mol. The van der Waals surface area contributed by atoms with E-state index in [0.29, 0.717) is 18.3 Å². The maximum atomic E-state index is 10.9. The average Bonchev–Trinajstić information content (AvgIpc) is 3.46. The van der Waals surface area contributed by atoms with Gasteiger partial charge >= 0.3 is 0 Å². The van der Waals surface area contributed by atoms with E-state index in [1.807, 2.05) is 33.8 Å². The first-order valence-electron chi connectivity index (χ1n) is 19.9. The second kappa shape index (κ2) is 20.5. The molecule has 2 aliphatic rings. The molecule has 0 saturated carbocycles. The van der Waals surface area contributed by atoms with Crippen molar-refractivity contribution in [1.82, 2.24) is 0 Å². The Morgan fingerprint density at radius 3 is 1.23 bits per heavy atom. The van der Waals surface area contributed by atoms with Gasteiger partial charge in [0.05, 0.1) is 24.4 Å². The fourth-order valence-electron chi connectivity index (χ4n) is 5.97. The quantitative estimate of drug-likeness (QED) is 0.0877. The molecule has 0 aliphatic carbocycles. The summed E-state index contributed by atoms with van der Waals surface area (Å²) < 4.78 is 37.1. The Balaban J connectivity index is 0.00000100. The molecule has 0 aromatic heterocycles. The van der Waals surface area contributed by atoms with E-state index in [0.717, 1.165) is 12.7 Å². The highest BCUT2D eigenvalue weighted by molar-refractivity contribution is 6.74. The van der Waals surface area contributed by atoms with Crippen LogP contribution in [0, 0.1) is 23.7 Å². The van der Waals surface area contributed by atoms with Gasteiger partial charge in [-0.25, -0.2) is 0 Å². The minimum Gasteiger partial charge on any atom is -0.414 e. The van der Waals surface area contributed by atoms with Crippen LogP contribution >= 0.6 is 0 Å². The monoisotopic (exact) mass is 783 g/mol. The van der Waals surface area contributed by atoms with E-state index in [-0.39, 0.29) is 66.0 Å². The summed E-state index contributed by atoms with van der Waals surface area (Å²) in [6.07, 6.45) is 13.2. The van der Waals surface area contributed by atoms with Gasteiger partial charge in [0.1, 0.15) is 6.29 Å². The molecular weight excluding hydrogens is 697 g/mol. The molecule has 53 heavy (non-hydrogen) atoms. The van der Waals surface area contributed by atoms with E-state index >= 15 is 0 Å². The van der Waals surface area contributed by atoms with E-state index < -0.39 is 28.2 Å². The van der Waals surface area contributed by atoms with E-state index in [4.69, 9.17) is 27.8 Å². The van der Waals surface area contributed by atoms with Crippen LogP contribution in [0.4, 0.5) is 0 Å². The molecule has 7 nitrogen and oxygen atoms in total. The molecule has 2 fully saturated rings. The highest BCUT2D eigenvalue weighted by Gasteiger charge is 2.44. The van der Waals surface area contributed by atoms with Crippen LogP contribution in [0.5, 0.6) is 0 Å². The van der Waals surface area contributed by atoms with Gasteiger partial charge in [0, 0.05) is 30.5 Å². The predicted molar refractivity (Wildman–Crippen MR) is 230 cm³/mol. The molecule has 0 aromatic carbocycles. The first kappa shape index (κ1) is 52.1. The Morgan fingerprint density at radius 1 is 0.623 bits per heavy atom. The largest absolute Gasteiger partial charge is 0.414 e. The number of hydrogen-bond donors (Lipinski definition) is 0. The minimum absolute atomic E-state index is 0. The smallest absolute Gasteiger partial charge is 0.192 e. The van der Waals surface area contributed by atoms with Crippen molar-refractivity contribution in [3.8, 4) is 0 Å². The van der Waals surface area contributed by atoms with Gasteiger partial charge in [0.25, 0.3) is 0 Å². The molecule has 2 rings (SSSR count). The number of carbonyl (C=O) groups excluding carboxylic acids is 1. The van der Waals surface area contributed by atoms with Gasteiger partial charge in [-0.3, -0.25) is 0 Å². The summed E-state index contributed by atoms with van der Waals surface area (Å²) in [5.41, 5.74) is 0. The predicted octanol–water partition coefficient (Wildman–Crippen LogP) is 12.3. The normalized spacial score (nSPS) is 26.9. The van der Waals surface area contributed by atoms with Gasteiger partial charge in [-0.2, -0.15) is 0 Å². The molecule has 9 heteroatoms. The van der Waals surface area contributed by atoms with Crippen molar-refractivity contribution in [3.63, 3.8) is 0 Å². The standard InChI is InChI=1S/C22H42O3Si.C21H40O4Si.CH4/c1-12-13-19-20(24-22(8,9)23-19)17(3)15-14-16(2)18(4)25-26(10,11)21(5,6)7;1-15(17(3)25-26(9,10)20(4,5)6)11-12-16(2)19-18(13-14-22)23-21(7,8)24-19;/h12,14-20H,1,13H2,2-11H3;11-12,14-19H,13H2,1-10H3;1H4/b15-14-;12-11-;/t16-,17?,18+,19+,20-;15-,16?,17+,18+,19-;/m11./s1. The fourth-order valence-corrected chi connectivity index (χ4v) is 8.97. The lowest BCUT2D eigenvalue weighted by atomic mass is 9.95. The van der Waals surface area contributed by atoms with Gasteiger partial charge in [0.2, 0.25) is 0 Å². The number of rotatable bonds is 16. The fraction of sp³-hybridized carbons (Fsp3) is 0.841. The summed E-state index contributed by atoms with van der Waals surface area (Å²) in [6, 6.07) is 0. The maximum Gasteiger partial charge on any atom is 0.192 e. The van der Waals surface area contributed by atoms with Crippen LogP contribution in [0.3, 0.4) is 0 Å². The van der Waals surface area contributed by atoms with E-state index in [2.05, 4.69) is 140 Å². The van der Waals surface area contributed by atoms with Crippen molar-refractivity contribution >= 4 is 22.9 Å². The molecule has 0 spiro atoms. The molecule has 2 aliphatic heterocycles. The van der Waals surface area contributed by atoms with Crippen LogP contribution in [-0.4, -0.2) is 71.1 Å². The van der Waals surface area contributed by atoms with E-state index in [9.17, 15) is 4.79 Å². The van der Waals surface area contributed by atoms with E-state index in [1.165, 1.54) is 0 Å². The third-order valence-corrected chi connectivity index (χ3v) is 20.8. The molecule has 0 radical (unpaired) electrons. The molecule has 312 valence electrons. The topological polar surface area (TPSA) is 72.5 Å². The van der Waals surface area contributed by atoms with Gasteiger partial charge in [-0.05, 0) is 96.1 Å². The Morgan fingerprint density at radius 2 is 0.943 bits per heavy atom. The van der Waals surface area contributed by atoms with Gasteiger partial charge < -0.3 is 32.6 Å². The highest BCUT2D eigenvalue weighted by Crippen LogP contribution is 2.40. The van der Waals surface area contributed by atoms with Crippen LogP contribution in [0.25, 0.3) is 0 Å². The molecule has 2 heterocycles. The van der Waals surface area contributed by atoms with Crippen LogP contribution in [0.1, 0.15) is 131 Å². The molecular formula is C44H86O7Si2. The van der Waals surface area contributed by atoms with Crippen molar-refractivity contribution in [3.05, 3.63) is 37.0 Å². The number of aldehydes is 1. The van der Waals surface area contributed by atoms with Crippen molar-refractivity contribution in [2.45, 2.75) is 216 Å². The van der Waals surface area contributed by atoms with Gasteiger partial charge in [-0.1, -0.05) is 107 Å². The zero-order chi connectivity index (χ0) is 40.7. The third-order valence-electron chi connectivity index (χ3n) is 11.7. The Labute approximate surface area is 330 Å². The zero-order valence-corrected chi connectivity index (χ0v) is 39.2. The van der Waals surface area contributed by atoms with Crippen molar-refractivity contribution in [1.29, 1.82) is 0 Å². The first-order valence-corrected chi connectivity index (χ1v) is 25.7. The van der Waals surface area contributed by atoms with E-state index in [1.54, 1.807) is 0 Å². The lowest BCUT2D eigenvalue weighted by molar-refractivity contribution is -0.149. The van der Waals surface area contributed by atoms with Gasteiger partial charge in [-0.15, -0.1) is 6.58 Å². The first-order chi connectivity index (χ1) is 23.4. The molecule has 2 unspecified atom stereocenters. The summed E-state index contributed by atoms with van der Waals surface area (Å²) in [5.74, 6) is -0.0324. The Bertz CT molecular complexity index is 1070. The third kappa shape index (κ3) is 16.2. The van der Waals surface area contributed by atoms with Crippen molar-refractivity contribution < 1.29 is 32.6 Å². The summed E-state index contributed by atoms with van der Waals surface area (Å²) in [5, 5.41) is 0.442. The summed E-state index contributed by atoms with van der Waals surface area (Å²) in [7, 11) is -3.51. The second-order valence-electron chi connectivity index (χ2n) is 19.6. The lowest BCUT2D eigenvalue weighted by Crippen LogP contribution is -2.44.